The number of carbonyl (C=O) groups is 2. The number of hydrogen-bond acceptors (Lipinski definition) is 2. The molecule has 7 heteroatoms. The van der Waals surface area contributed by atoms with Crippen LogP contribution < -0.4 is 10.2 Å². The predicted octanol–water partition coefficient (Wildman–Crippen LogP) is 4.10. The van der Waals surface area contributed by atoms with Gasteiger partial charge in [0.15, 0.2) is 0 Å². The Balaban J connectivity index is 1.78. The minimum Gasteiger partial charge on any atom is -0.348 e. The molecule has 4 nitrogen and oxygen atoms in total. The second-order valence-electron chi connectivity index (χ2n) is 6.52. The van der Waals surface area contributed by atoms with Crippen molar-refractivity contribution in [1.82, 2.24) is 5.32 Å². The van der Waals surface area contributed by atoms with E-state index in [-0.39, 0.29) is 11.8 Å². The number of anilines is 1. The monoisotopic (exact) mass is 388 g/mol. The summed E-state index contributed by atoms with van der Waals surface area (Å²) in [6.45, 7) is 4.14. The molecule has 0 unspecified atom stereocenters. The van der Waals surface area contributed by atoms with E-state index in [2.05, 4.69) is 11.9 Å². The summed E-state index contributed by atoms with van der Waals surface area (Å²) >= 11 is 0. The number of nitrogens with one attached hydrogen (secondary N) is 1. The lowest BCUT2D eigenvalue weighted by Crippen LogP contribution is -2.35. The third-order valence-corrected chi connectivity index (χ3v) is 4.62. The molecule has 0 saturated carbocycles. The maximum atomic E-state index is 12.9. The predicted molar refractivity (Wildman–Crippen MR) is 99.9 cm³/mol. The average Bonchev–Trinajstić information content (AvgIpc) is 2.70. The minimum absolute atomic E-state index is 0.262. The summed E-state index contributed by atoms with van der Waals surface area (Å²) in [7, 11) is 0. The van der Waals surface area contributed by atoms with Crippen LogP contribution in [0.15, 0.2) is 55.1 Å². The number of aryl methyl sites for hydroxylation is 1. The van der Waals surface area contributed by atoms with Gasteiger partial charge in [-0.15, -0.1) is 0 Å². The summed E-state index contributed by atoms with van der Waals surface area (Å²) in [5, 5.41) is 2.65. The van der Waals surface area contributed by atoms with Crippen LogP contribution in [0.3, 0.4) is 0 Å². The largest absolute Gasteiger partial charge is 0.416 e. The summed E-state index contributed by atoms with van der Waals surface area (Å²) < 4.78 is 38.8. The maximum Gasteiger partial charge on any atom is 0.416 e. The smallest absolute Gasteiger partial charge is 0.348 e. The third kappa shape index (κ3) is 4.24. The van der Waals surface area contributed by atoms with Crippen molar-refractivity contribution in [3.05, 3.63) is 77.4 Å². The molecular weight excluding hydrogens is 369 g/mol. The van der Waals surface area contributed by atoms with Crippen molar-refractivity contribution in [2.24, 2.45) is 0 Å². The Labute approximate surface area is 160 Å². The van der Waals surface area contributed by atoms with Crippen molar-refractivity contribution in [1.29, 1.82) is 0 Å². The first-order chi connectivity index (χ1) is 13.3. The topological polar surface area (TPSA) is 49.4 Å². The molecule has 1 heterocycles. The van der Waals surface area contributed by atoms with E-state index in [1.807, 2.05) is 0 Å². The van der Waals surface area contributed by atoms with Gasteiger partial charge >= 0.3 is 6.18 Å². The number of rotatable bonds is 4. The Morgan fingerprint density at radius 3 is 2.50 bits per heavy atom. The van der Waals surface area contributed by atoms with Crippen molar-refractivity contribution in [2.45, 2.75) is 25.6 Å². The van der Waals surface area contributed by atoms with Crippen molar-refractivity contribution >= 4 is 17.5 Å². The van der Waals surface area contributed by atoms with Crippen LogP contribution in [0.1, 0.15) is 33.5 Å². The van der Waals surface area contributed by atoms with E-state index in [9.17, 15) is 22.8 Å². The highest BCUT2D eigenvalue weighted by molar-refractivity contribution is 6.06. The molecule has 3 rings (SSSR count). The van der Waals surface area contributed by atoms with Crippen molar-refractivity contribution in [3.8, 4) is 0 Å². The lowest BCUT2D eigenvalue weighted by molar-refractivity contribution is -0.137. The number of benzene rings is 2. The van der Waals surface area contributed by atoms with Crippen LogP contribution in [-0.4, -0.2) is 18.4 Å². The first-order valence-electron chi connectivity index (χ1n) is 8.81. The van der Waals surface area contributed by atoms with E-state index in [1.165, 1.54) is 17.0 Å². The number of alkyl halides is 3. The van der Waals surface area contributed by atoms with Gasteiger partial charge in [0.25, 0.3) is 5.91 Å². The normalized spacial score (nSPS) is 13.6. The summed E-state index contributed by atoms with van der Waals surface area (Å²) in [6.07, 6.45) is -2.12. The Morgan fingerprint density at radius 2 is 1.86 bits per heavy atom. The number of carbonyl (C=O) groups excluding carboxylic acids is 2. The van der Waals surface area contributed by atoms with Crippen LogP contribution in [0.5, 0.6) is 0 Å². The Morgan fingerprint density at radius 1 is 1.14 bits per heavy atom. The Kier molecular flexibility index (Phi) is 5.53. The summed E-state index contributed by atoms with van der Waals surface area (Å²) in [4.78, 5) is 25.6. The summed E-state index contributed by atoms with van der Waals surface area (Å²) in [5.74, 6) is -0.550. The summed E-state index contributed by atoms with van der Waals surface area (Å²) in [5.41, 5.74) is 1.60. The van der Waals surface area contributed by atoms with E-state index in [4.69, 9.17) is 0 Å². The lowest BCUT2D eigenvalue weighted by atomic mass is 9.98. The molecule has 0 bridgehead atoms. The molecule has 2 aromatic rings. The number of halogens is 3. The van der Waals surface area contributed by atoms with Gasteiger partial charge in [-0.25, -0.2) is 0 Å². The fourth-order valence-corrected chi connectivity index (χ4v) is 3.17. The lowest BCUT2D eigenvalue weighted by Gasteiger charge is -2.30. The molecule has 0 atom stereocenters. The van der Waals surface area contributed by atoms with Gasteiger partial charge in [0.2, 0.25) is 5.91 Å². The van der Waals surface area contributed by atoms with Gasteiger partial charge in [-0.3, -0.25) is 9.59 Å². The molecule has 146 valence electrons. The summed E-state index contributed by atoms with van der Waals surface area (Å²) in [6, 6.07) is 10.3. The van der Waals surface area contributed by atoms with Crippen molar-refractivity contribution in [3.63, 3.8) is 0 Å². The average molecular weight is 388 g/mol. The van der Waals surface area contributed by atoms with E-state index in [0.717, 1.165) is 17.7 Å². The first-order valence-corrected chi connectivity index (χ1v) is 8.81. The highest BCUT2D eigenvalue weighted by Gasteiger charge is 2.32. The van der Waals surface area contributed by atoms with Crippen LogP contribution in [0, 0.1) is 0 Å². The van der Waals surface area contributed by atoms with Gasteiger partial charge < -0.3 is 10.2 Å². The molecule has 0 saturated heterocycles. The van der Waals surface area contributed by atoms with Gasteiger partial charge in [0.1, 0.15) is 0 Å². The molecule has 0 fully saturated rings. The van der Waals surface area contributed by atoms with E-state index >= 15 is 0 Å². The van der Waals surface area contributed by atoms with Gasteiger partial charge in [-0.2, -0.15) is 13.2 Å². The number of nitrogens with zero attached hydrogens (tertiary/aromatic N) is 1. The number of fused-ring (bicyclic) bond motifs is 1. The number of amides is 2. The van der Waals surface area contributed by atoms with Gasteiger partial charge in [0.05, 0.1) is 5.56 Å². The molecule has 2 amide bonds. The fraction of sp³-hybridized carbons (Fsp3) is 0.238. The van der Waals surface area contributed by atoms with Gasteiger partial charge in [-0.1, -0.05) is 18.7 Å². The first kappa shape index (κ1) is 19.7. The molecule has 28 heavy (non-hydrogen) atoms. The molecule has 1 N–H and O–H groups in total. The maximum absolute atomic E-state index is 12.9. The van der Waals surface area contributed by atoms with Crippen LogP contribution in [0.25, 0.3) is 0 Å². The second kappa shape index (κ2) is 7.88. The Hall–Kier alpha value is -3.09. The zero-order chi connectivity index (χ0) is 20.3. The van der Waals surface area contributed by atoms with Crippen molar-refractivity contribution < 1.29 is 22.8 Å². The standard InChI is InChI=1S/C21H19F3N2O2/c1-2-19(27)25-13-14-5-7-15(8-6-14)20(28)26-11-3-4-16-12-17(21(22,23)24)9-10-18(16)26/h2,5-10,12H,1,3-4,11,13H2,(H,25,27). The highest BCUT2D eigenvalue weighted by Crippen LogP contribution is 2.35. The molecule has 0 aliphatic carbocycles. The zero-order valence-corrected chi connectivity index (χ0v) is 15.1. The molecule has 1 aliphatic heterocycles. The molecule has 0 aromatic heterocycles. The second-order valence-corrected chi connectivity index (χ2v) is 6.52. The number of hydrogen-bond donors (Lipinski definition) is 1. The fourth-order valence-electron chi connectivity index (χ4n) is 3.17. The van der Waals surface area contributed by atoms with E-state index < -0.39 is 11.7 Å². The molecular formula is C21H19F3N2O2. The third-order valence-electron chi connectivity index (χ3n) is 4.62. The van der Waals surface area contributed by atoms with Crippen LogP contribution in [0.4, 0.5) is 18.9 Å². The van der Waals surface area contributed by atoms with E-state index in [1.54, 1.807) is 24.3 Å². The van der Waals surface area contributed by atoms with Crippen LogP contribution in [0.2, 0.25) is 0 Å². The zero-order valence-electron chi connectivity index (χ0n) is 15.1. The SMILES string of the molecule is C=CC(=O)NCc1ccc(C(=O)N2CCCc3cc(C(F)(F)F)ccc32)cc1. The molecule has 0 spiro atoms. The van der Waals surface area contributed by atoms with Crippen molar-refractivity contribution in [2.75, 3.05) is 11.4 Å². The minimum atomic E-state index is -4.40. The highest BCUT2D eigenvalue weighted by atomic mass is 19.4. The molecule has 2 aromatic carbocycles. The van der Waals surface area contributed by atoms with E-state index in [0.29, 0.717) is 42.7 Å². The quantitative estimate of drug-likeness (QED) is 0.802. The van der Waals surface area contributed by atoms with Crippen LogP contribution in [-0.2, 0) is 23.9 Å². The van der Waals surface area contributed by atoms with Crippen LogP contribution >= 0.6 is 0 Å². The van der Waals surface area contributed by atoms with Gasteiger partial charge in [0, 0.05) is 24.3 Å². The Bertz CT molecular complexity index is 905. The molecule has 0 radical (unpaired) electrons. The molecule has 1 aliphatic rings. The van der Waals surface area contributed by atoms with Gasteiger partial charge in [-0.05, 0) is 60.4 Å².